The summed E-state index contributed by atoms with van der Waals surface area (Å²) in [6.45, 7) is 1.90. The zero-order chi connectivity index (χ0) is 16.9. The number of benzene rings is 1. The van der Waals surface area contributed by atoms with Crippen LogP contribution in [0.4, 0.5) is 5.13 Å². The lowest BCUT2D eigenvalue weighted by Crippen LogP contribution is -1.99. The molecule has 3 aromatic rings. The highest BCUT2D eigenvalue weighted by Crippen LogP contribution is 2.34. The number of ether oxygens (including phenoxy) is 1. The van der Waals surface area contributed by atoms with Gasteiger partial charge in [-0.3, -0.25) is 10.4 Å². The van der Waals surface area contributed by atoms with E-state index in [-0.39, 0.29) is 5.75 Å². The highest BCUT2D eigenvalue weighted by molar-refractivity contribution is 7.14. The molecular weight excluding hydrogens is 324 g/mol. The molecule has 2 heterocycles. The van der Waals surface area contributed by atoms with Crippen LogP contribution >= 0.6 is 11.3 Å². The molecule has 6 nitrogen and oxygen atoms in total. The van der Waals surface area contributed by atoms with Crippen molar-refractivity contribution in [3.8, 4) is 22.8 Å². The lowest BCUT2D eigenvalue weighted by Gasteiger charge is -2.06. The van der Waals surface area contributed by atoms with Crippen molar-refractivity contribution in [1.82, 2.24) is 9.97 Å². The van der Waals surface area contributed by atoms with E-state index in [4.69, 9.17) is 4.74 Å². The number of nitrogens with one attached hydrogen (secondary N) is 1. The van der Waals surface area contributed by atoms with Gasteiger partial charge in [-0.25, -0.2) is 4.98 Å². The third-order valence-electron chi connectivity index (χ3n) is 3.36. The fourth-order valence-electron chi connectivity index (χ4n) is 2.12. The maximum atomic E-state index is 9.68. The average molecular weight is 340 g/mol. The average Bonchev–Trinajstić information content (AvgIpc) is 3.09. The molecule has 0 saturated heterocycles. The van der Waals surface area contributed by atoms with Crippen molar-refractivity contribution < 1.29 is 9.84 Å². The Bertz CT molecular complexity index is 862. The van der Waals surface area contributed by atoms with E-state index in [9.17, 15) is 5.11 Å². The maximum absolute atomic E-state index is 9.68. The number of anilines is 1. The molecule has 2 aromatic heterocycles. The van der Waals surface area contributed by atoms with Gasteiger partial charge in [0.05, 0.1) is 18.5 Å². The molecule has 0 aliphatic rings. The molecule has 0 aliphatic carbocycles. The van der Waals surface area contributed by atoms with Gasteiger partial charge < -0.3 is 9.84 Å². The lowest BCUT2D eigenvalue weighted by atomic mass is 10.1. The SMILES string of the molecule is COc1ccc(O)cc1-c1csc(NN=C(C)c2cccnc2)n1. The third-order valence-corrected chi connectivity index (χ3v) is 4.11. The van der Waals surface area contributed by atoms with Gasteiger partial charge in [-0.2, -0.15) is 5.10 Å². The monoisotopic (exact) mass is 340 g/mol. The molecule has 3 rings (SSSR count). The molecular formula is C17H16N4O2S. The van der Waals surface area contributed by atoms with E-state index in [0.717, 1.165) is 16.8 Å². The van der Waals surface area contributed by atoms with Crippen molar-refractivity contribution in [2.75, 3.05) is 12.5 Å². The van der Waals surface area contributed by atoms with Gasteiger partial charge >= 0.3 is 0 Å². The molecule has 1 aromatic carbocycles. The van der Waals surface area contributed by atoms with Crippen LogP contribution in [-0.4, -0.2) is 27.9 Å². The first-order chi connectivity index (χ1) is 11.7. The number of hydrogen-bond donors (Lipinski definition) is 2. The predicted octanol–water partition coefficient (Wildman–Crippen LogP) is 3.76. The molecule has 0 unspecified atom stereocenters. The normalized spacial score (nSPS) is 11.3. The highest BCUT2D eigenvalue weighted by Gasteiger charge is 2.11. The second kappa shape index (κ2) is 7.10. The lowest BCUT2D eigenvalue weighted by molar-refractivity contribution is 0.414. The Morgan fingerprint density at radius 2 is 2.21 bits per heavy atom. The number of aromatic nitrogens is 2. The molecule has 0 bridgehead atoms. The minimum atomic E-state index is 0.166. The quantitative estimate of drug-likeness (QED) is 0.546. The molecule has 122 valence electrons. The van der Waals surface area contributed by atoms with Gasteiger partial charge in [-0.1, -0.05) is 6.07 Å². The number of phenols is 1. The predicted molar refractivity (Wildman–Crippen MR) is 95.8 cm³/mol. The standard InChI is InChI=1S/C17H16N4O2S/c1-11(12-4-3-7-18-9-12)20-21-17-19-15(10-24-17)14-8-13(22)5-6-16(14)23-2/h3-10,22H,1-2H3,(H,19,21). The number of rotatable bonds is 5. The topological polar surface area (TPSA) is 79.6 Å². The zero-order valence-electron chi connectivity index (χ0n) is 13.2. The minimum absolute atomic E-state index is 0.166. The molecule has 0 fully saturated rings. The summed E-state index contributed by atoms with van der Waals surface area (Å²) in [5, 5.41) is 16.5. The van der Waals surface area contributed by atoms with Crippen LogP contribution < -0.4 is 10.2 Å². The highest BCUT2D eigenvalue weighted by atomic mass is 32.1. The molecule has 0 amide bonds. The fourth-order valence-corrected chi connectivity index (χ4v) is 2.77. The van der Waals surface area contributed by atoms with Crippen molar-refractivity contribution in [1.29, 1.82) is 0 Å². The van der Waals surface area contributed by atoms with Gasteiger partial charge in [0.15, 0.2) is 0 Å². The van der Waals surface area contributed by atoms with Gasteiger partial charge in [0.25, 0.3) is 0 Å². The number of nitrogens with zero attached hydrogens (tertiary/aromatic N) is 3. The van der Waals surface area contributed by atoms with E-state index in [2.05, 4.69) is 20.5 Å². The van der Waals surface area contributed by atoms with Gasteiger partial charge in [-0.05, 0) is 31.2 Å². The zero-order valence-corrected chi connectivity index (χ0v) is 14.0. The van der Waals surface area contributed by atoms with Crippen molar-refractivity contribution in [2.24, 2.45) is 5.10 Å². The summed E-state index contributed by atoms with van der Waals surface area (Å²) in [6, 6.07) is 8.72. The molecule has 0 radical (unpaired) electrons. The van der Waals surface area contributed by atoms with Crippen molar-refractivity contribution in [2.45, 2.75) is 6.92 Å². The maximum Gasteiger partial charge on any atom is 0.203 e. The van der Waals surface area contributed by atoms with Crippen LogP contribution in [0.5, 0.6) is 11.5 Å². The Balaban J connectivity index is 1.80. The van der Waals surface area contributed by atoms with Crippen LogP contribution in [0.15, 0.2) is 53.2 Å². The van der Waals surface area contributed by atoms with E-state index in [0.29, 0.717) is 16.6 Å². The van der Waals surface area contributed by atoms with Gasteiger partial charge in [-0.15, -0.1) is 11.3 Å². The Kier molecular flexibility index (Phi) is 4.72. The van der Waals surface area contributed by atoms with Gasteiger partial charge in [0.1, 0.15) is 11.5 Å². The third kappa shape index (κ3) is 3.52. The van der Waals surface area contributed by atoms with Crippen LogP contribution in [0, 0.1) is 0 Å². The fraction of sp³-hybridized carbons (Fsp3) is 0.118. The number of hydrazone groups is 1. The molecule has 24 heavy (non-hydrogen) atoms. The second-order valence-corrected chi connectivity index (χ2v) is 5.83. The summed E-state index contributed by atoms with van der Waals surface area (Å²) in [6.07, 6.45) is 3.48. The Labute approximate surface area is 143 Å². The number of thiazole rings is 1. The number of aromatic hydroxyl groups is 1. The Hall–Kier alpha value is -2.93. The van der Waals surface area contributed by atoms with E-state index in [1.54, 1.807) is 37.7 Å². The Morgan fingerprint density at radius 3 is 2.96 bits per heavy atom. The summed E-state index contributed by atoms with van der Waals surface area (Å²) in [4.78, 5) is 8.56. The summed E-state index contributed by atoms with van der Waals surface area (Å²) in [7, 11) is 1.59. The molecule has 7 heteroatoms. The molecule has 2 N–H and O–H groups in total. The largest absolute Gasteiger partial charge is 0.508 e. The summed E-state index contributed by atoms with van der Waals surface area (Å²) in [5.74, 6) is 0.818. The van der Waals surface area contributed by atoms with Crippen LogP contribution in [-0.2, 0) is 0 Å². The second-order valence-electron chi connectivity index (χ2n) is 4.97. The summed E-state index contributed by atoms with van der Waals surface area (Å²) >= 11 is 1.42. The van der Waals surface area contributed by atoms with Crippen LogP contribution in [0.1, 0.15) is 12.5 Å². The van der Waals surface area contributed by atoms with Gasteiger partial charge in [0.2, 0.25) is 5.13 Å². The Morgan fingerprint density at radius 1 is 1.33 bits per heavy atom. The first kappa shape index (κ1) is 15.9. The number of hydrogen-bond acceptors (Lipinski definition) is 7. The minimum Gasteiger partial charge on any atom is -0.508 e. The molecule has 0 atom stereocenters. The smallest absolute Gasteiger partial charge is 0.203 e. The summed E-state index contributed by atoms with van der Waals surface area (Å²) in [5.41, 5.74) is 6.15. The molecule has 0 saturated carbocycles. The number of methoxy groups -OCH3 is 1. The number of pyridine rings is 1. The first-order valence-electron chi connectivity index (χ1n) is 7.21. The summed E-state index contributed by atoms with van der Waals surface area (Å²) < 4.78 is 5.32. The molecule has 0 aliphatic heterocycles. The van der Waals surface area contributed by atoms with Crippen molar-refractivity contribution in [3.63, 3.8) is 0 Å². The van der Waals surface area contributed by atoms with Crippen molar-refractivity contribution in [3.05, 3.63) is 53.7 Å². The number of phenolic OH excluding ortho intramolecular Hbond substituents is 1. The van der Waals surface area contributed by atoms with Crippen molar-refractivity contribution >= 4 is 22.2 Å². The van der Waals surface area contributed by atoms with Crippen LogP contribution in [0.25, 0.3) is 11.3 Å². The van der Waals surface area contributed by atoms with Crippen LogP contribution in [0.3, 0.4) is 0 Å². The van der Waals surface area contributed by atoms with Crippen LogP contribution in [0.2, 0.25) is 0 Å². The van der Waals surface area contributed by atoms with E-state index in [1.165, 1.54) is 11.3 Å². The molecule has 0 spiro atoms. The van der Waals surface area contributed by atoms with Gasteiger partial charge in [0, 0.05) is 28.9 Å². The first-order valence-corrected chi connectivity index (χ1v) is 8.09. The van der Waals surface area contributed by atoms with E-state index >= 15 is 0 Å². The van der Waals surface area contributed by atoms with E-state index in [1.807, 2.05) is 24.4 Å². The van der Waals surface area contributed by atoms with E-state index < -0.39 is 0 Å².